The topological polar surface area (TPSA) is 163 Å². The van der Waals surface area contributed by atoms with Crippen molar-refractivity contribution in [1.82, 2.24) is 44.9 Å². The number of aliphatic hydroxyl groups is 1. The van der Waals surface area contributed by atoms with Crippen LogP contribution in [0, 0.1) is 17.8 Å². The van der Waals surface area contributed by atoms with Crippen LogP contribution in [0.25, 0.3) is 22.5 Å². The van der Waals surface area contributed by atoms with E-state index >= 15 is 0 Å². The van der Waals surface area contributed by atoms with Gasteiger partial charge >= 0.3 is 6.09 Å². The molecule has 8 rings (SSSR count). The van der Waals surface area contributed by atoms with Gasteiger partial charge in [-0.15, -0.1) is 0 Å². The summed E-state index contributed by atoms with van der Waals surface area (Å²) in [6, 6.07) is 24.8. The summed E-state index contributed by atoms with van der Waals surface area (Å²) in [5.41, 5.74) is 6.45. The van der Waals surface area contributed by atoms with Crippen LogP contribution < -0.4 is 5.32 Å². The van der Waals surface area contributed by atoms with Gasteiger partial charge in [-0.25, -0.2) is 14.8 Å². The Hall–Kier alpha value is -6.27. The number of imidazole rings is 2. The lowest BCUT2D eigenvalue weighted by Crippen LogP contribution is -2.52. The van der Waals surface area contributed by atoms with Crippen molar-refractivity contribution >= 4 is 17.9 Å². The molecule has 3 saturated heterocycles. The van der Waals surface area contributed by atoms with Crippen molar-refractivity contribution in [3.05, 3.63) is 120 Å². The Bertz CT molecular complexity index is 2390. The van der Waals surface area contributed by atoms with Gasteiger partial charge in [0, 0.05) is 56.9 Å². The Morgan fingerprint density at radius 1 is 0.746 bits per heavy atom. The van der Waals surface area contributed by atoms with E-state index in [2.05, 4.69) is 54.0 Å². The Kier molecular flexibility index (Phi) is 13.7. The zero-order chi connectivity index (χ0) is 43.9. The van der Waals surface area contributed by atoms with Crippen molar-refractivity contribution in [2.45, 2.75) is 63.7 Å². The first-order valence-corrected chi connectivity index (χ1v) is 22.1. The smallest absolute Gasteiger partial charge is 0.407 e. The zero-order valence-corrected chi connectivity index (χ0v) is 36.3. The lowest BCUT2D eigenvalue weighted by atomic mass is 10.0. The number of alkyl carbamates (subject to hydrolysis) is 1. The molecule has 3 aromatic carbocycles. The lowest BCUT2D eigenvalue weighted by Gasteiger charge is -2.40. The molecule has 0 radical (unpaired) electrons. The highest BCUT2D eigenvalue weighted by atomic mass is 16.5. The van der Waals surface area contributed by atoms with E-state index in [9.17, 15) is 19.5 Å². The highest BCUT2D eigenvalue weighted by Crippen LogP contribution is 2.36. The van der Waals surface area contributed by atoms with Crippen LogP contribution in [0.2, 0.25) is 0 Å². The zero-order valence-electron chi connectivity index (χ0n) is 36.3. The number of carbonyl (C=O) groups is 3. The maximum absolute atomic E-state index is 14.5. The van der Waals surface area contributed by atoms with Crippen LogP contribution in [0.3, 0.4) is 0 Å². The number of ether oxygens (including phenoxy) is 1. The van der Waals surface area contributed by atoms with Crippen LogP contribution in [-0.4, -0.2) is 128 Å². The average Bonchev–Trinajstić information content (AvgIpc) is 4.16. The number of rotatable bonds is 12. The summed E-state index contributed by atoms with van der Waals surface area (Å²) in [4.78, 5) is 64.8. The lowest BCUT2D eigenvalue weighted by molar-refractivity contribution is -0.139. The maximum Gasteiger partial charge on any atom is 0.407 e. The molecule has 4 atom stereocenters. The fourth-order valence-corrected chi connectivity index (χ4v) is 9.11. The minimum atomic E-state index is -0.687. The molecule has 0 saturated carbocycles. The minimum absolute atomic E-state index is 0.104. The van der Waals surface area contributed by atoms with E-state index in [1.54, 1.807) is 6.20 Å². The number of nitrogens with one attached hydrogen (secondary N) is 3. The number of aromatic nitrogens is 4. The average molecular weight is 852 g/mol. The van der Waals surface area contributed by atoms with Gasteiger partial charge in [0.15, 0.2) is 0 Å². The maximum atomic E-state index is 14.5. The molecule has 328 valence electrons. The van der Waals surface area contributed by atoms with Crippen molar-refractivity contribution in [2.75, 3.05) is 59.5 Å². The second-order valence-corrected chi connectivity index (χ2v) is 16.9. The number of β-amino-alcohol motifs (C(OH)–C–C–N with tert-alkyl or cyclic N) is 1. The molecule has 14 heteroatoms. The number of hydrogen-bond acceptors (Lipinski definition) is 9. The molecule has 5 heterocycles. The number of nitrogens with zero attached hydrogens (tertiary/aromatic N) is 6. The fourth-order valence-electron chi connectivity index (χ4n) is 9.11. The van der Waals surface area contributed by atoms with Crippen molar-refractivity contribution < 1.29 is 24.2 Å². The van der Waals surface area contributed by atoms with Crippen molar-refractivity contribution in [3.8, 4) is 34.4 Å². The third-order valence-corrected chi connectivity index (χ3v) is 12.6. The van der Waals surface area contributed by atoms with Crippen molar-refractivity contribution in [2.24, 2.45) is 5.92 Å². The highest BCUT2D eigenvalue weighted by molar-refractivity contribution is 5.86. The molecule has 0 aliphatic carbocycles. The molecule has 3 amide bonds. The predicted molar refractivity (Wildman–Crippen MR) is 240 cm³/mol. The molecular formula is C49H57N9O5. The second kappa shape index (κ2) is 19.8. The third-order valence-electron chi connectivity index (χ3n) is 12.6. The highest BCUT2D eigenvalue weighted by Gasteiger charge is 2.40. The van der Waals surface area contributed by atoms with Gasteiger partial charge in [-0.1, -0.05) is 80.3 Å². The van der Waals surface area contributed by atoms with Crippen LogP contribution in [-0.2, 0) is 14.3 Å². The number of aliphatic hydroxyl groups excluding tert-OH is 1. The van der Waals surface area contributed by atoms with Gasteiger partial charge in [0.2, 0.25) is 11.8 Å². The van der Waals surface area contributed by atoms with Crippen LogP contribution in [0.15, 0.2) is 91.3 Å². The summed E-state index contributed by atoms with van der Waals surface area (Å²) in [5, 5.41) is 12.1. The molecule has 3 fully saturated rings. The number of methoxy groups -OCH3 is 1. The monoisotopic (exact) mass is 851 g/mol. The molecule has 14 nitrogen and oxygen atoms in total. The van der Waals surface area contributed by atoms with Crippen molar-refractivity contribution in [3.63, 3.8) is 0 Å². The van der Waals surface area contributed by atoms with Gasteiger partial charge in [-0.2, -0.15) is 0 Å². The molecule has 0 spiro atoms. The van der Waals surface area contributed by atoms with Crippen LogP contribution in [0.1, 0.15) is 86.0 Å². The van der Waals surface area contributed by atoms with Crippen molar-refractivity contribution in [1.29, 1.82) is 0 Å². The number of hydrogen-bond donors (Lipinski definition) is 4. The molecule has 3 aliphatic rings. The standard InChI is InChI=1S/C49H57N9O5/c1-33(2)43(54-49(62)63-3)47(60)57-23-7-11-41(57)45-50-31-39(52-45)36-19-15-34(16-20-36)13-14-35-17-21-37(22-18-35)40-32-51-46(53-40)42-12-8-24-58(42)48(61)44(38-9-5-4-6-10-38)56-27-25-55(26-28-56)29-30-59/h4-6,9-10,15-22,31-33,41-44,59H,7-8,11-12,23-30H2,1-3H3,(H,50,52)(H,51,53)(H,54,62). The van der Waals surface area contributed by atoms with Crippen LogP contribution in [0.4, 0.5) is 4.79 Å². The van der Waals surface area contributed by atoms with E-state index in [0.29, 0.717) is 19.6 Å². The first-order chi connectivity index (χ1) is 30.7. The predicted octanol–water partition coefficient (Wildman–Crippen LogP) is 5.93. The summed E-state index contributed by atoms with van der Waals surface area (Å²) in [5.74, 6) is 7.96. The minimum Gasteiger partial charge on any atom is -0.453 e. The first kappa shape index (κ1) is 43.4. The fraction of sp³-hybridized carbons (Fsp3) is 0.408. The molecule has 5 aromatic rings. The van der Waals surface area contributed by atoms with Gasteiger partial charge in [-0.05, 0) is 72.6 Å². The second-order valence-electron chi connectivity index (χ2n) is 16.9. The number of benzene rings is 3. The Morgan fingerprint density at radius 3 is 1.76 bits per heavy atom. The summed E-state index contributed by atoms with van der Waals surface area (Å²) >= 11 is 0. The van der Waals surface area contributed by atoms with Gasteiger partial charge in [0.05, 0.1) is 49.6 Å². The van der Waals surface area contributed by atoms with E-state index in [0.717, 1.165) is 103 Å². The molecule has 3 aliphatic heterocycles. The van der Waals surface area contributed by atoms with Crippen LogP contribution >= 0.6 is 0 Å². The summed E-state index contributed by atoms with van der Waals surface area (Å²) in [6.07, 6.45) is 6.42. The van der Waals surface area contributed by atoms with E-state index in [1.807, 2.05) is 96.6 Å². The summed E-state index contributed by atoms with van der Waals surface area (Å²) in [7, 11) is 1.29. The normalized spacial score (nSPS) is 19.1. The number of H-pyrrole nitrogens is 2. The molecule has 2 aromatic heterocycles. The van der Waals surface area contributed by atoms with E-state index < -0.39 is 12.1 Å². The van der Waals surface area contributed by atoms with Gasteiger partial charge in [0.1, 0.15) is 23.7 Å². The van der Waals surface area contributed by atoms with Gasteiger partial charge in [0.25, 0.3) is 0 Å². The first-order valence-electron chi connectivity index (χ1n) is 22.1. The van der Waals surface area contributed by atoms with E-state index in [-0.39, 0.29) is 42.5 Å². The Morgan fingerprint density at radius 2 is 1.27 bits per heavy atom. The molecular weight excluding hydrogens is 795 g/mol. The van der Waals surface area contributed by atoms with Gasteiger partial charge < -0.3 is 34.9 Å². The Balaban J connectivity index is 0.894. The summed E-state index contributed by atoms with van der Waals surface area (Å²) < 4.78 is 4.76. The summed E-state index contributed by atoms with van der Waals surface area (Å²) in [6.45, 7) is 9.06. The number of likely N-dealkylation sites (tertiary alicyclic amines) is 2. The largest absolute Gasteiger partial charge is 0.453 e. The number of amides is 3. The van der Waals surface area contributed by atoms with Gasteiger partial charge in [-0.3, -0.25) is 19.4 Å². The van der Waals surface area contributed by atoms with E-state index in [4.69, 9.17) is 9.72 Å². The quantitative estimate of drug-likeness (QED) is 0.112. The van der Waals surface area contributed by atoms with Crippen LogP contribution in [0.5, 0.6) is 0 Å². The number of aromatic amines is 2. The number of piperazine rings is 1. The molecule has 4 unspecified atom stereocenters. The number of carbonyl (C=O) groups excluding carboxylic acids is 3. The SMILES string of the molecule is COC(=O)NC(C(=O)N1CCCC1c1ncc(-c2ccc(C#Cc3ccc(-c4cnc(C5CCCN5C(=O)C(c5ccccc5)N5CCN(CCO)CC5)[nH]4)cc3)cc2)[nH]1)C(C)C. The third kappa shape index (κ3) is 9.86. The molecule has 63 heavy (non-hydrogen) atoms. The molecule has 0 bridgehead atoms. The molecule has 4 N–H and O–H groups in total. The van der Waals surface area contributed by atoms with E-state index in [1.165, 1.54) is 7.11 Å². The Labute approximate surface area is 369 Å².